The van der Waals surface area contributed by atoms with Crippen molar-refractivity contribution in [1.29, 1.82) is 0 Å². The molecule has 1 fully saturated rings. The average molecular weight is 863 g/mol. The summed E-state index contributed by atoms with van der Waals surface area (Å²) in [5.74, 6) is -1.84. The van der Waals surface area contributed by atoms with Crippen molar-refractivity contribution in [2.45, 2.75) is 115 Å². The van der Waals surface area contributed by atoms with Gasteiger partial charge in [-0.15, -0.1) is 5.06 Å². The molecule has 1 aromatic heterocycles. The molecule has 0 radical (unpaired) electrons. The lowest BCUT2D eigenvalue weighted by Gasteiger charge is -2.35. The Morgan fingerprint density at radius 2 is 1.68 bits per heavy atom. The number of amides is 2. The minimum Gasteiger partial charge on any atom is -0.454 e. The maximum Gasteiger partial charge on any atom is 0.333 e. The van der Waals surface area contributed by atoms with Gasteiger partial charge >= 0.3 is 5.97 Å². The summed E-state index contributed by atoms with van der Waals surface area (Å²) in [6, 6.07) is 3.69. The fraction of sp³-hybridized carbons (Fsp3) is 0.452. The number of ether oxygens (including phenoxy) is 1. The van der Waals surface area contributed by atoms with E-state index in [4.69, 9.17) is 14.6 Å². The Morgan fingerprint density at radius 1 is 0.950 bits per heavy atom. The number of unbranched alkanes of at least 4 members (excludes halogenated alkanes) is 2. The van der Waals surface area contributed by atoms with Gasteiger partial charge in [-0.05, 0) is 68.9 Å². The number of benzene rings is 2. The minimum absolute atomic E-state index is 0.00735. The molecule has 0 spiro atoms. The second kappa shape index (κ2) is 14.8. The molecule has 6 heterocycles. The molecule has 2 aromatic carbocycles. The van der Waals surface area contributed by atoms with E-state index in [0.29, 0.717) is 59.7 Å². The van der Waals surface area contributed by atoms with Crippen LogP contribution in [0.3, 0.4) is 0 Å². The number of hydrogen-bond donors (Lipinski definition) is 3. The van der Waals surface area contributed by atoms with Gasteiger partial charge in [0.1, 0.15) is 23.9 Å². The smallest absolute Gasteiger partial charge is 0.333 e. The van der Waals surface area contributed by atoms with Crippen molar-refractivity contribution in [1.82, 2.24) is 19.2 Å². The van der Waals surface area contributed by atoms with Crippen LogP contribution in [0.4, 0.5) is 5.69 Å². The Morgan fingerprint density at radius 3 is 2.37 bits per heavy atom. The van der Waals surface area contributed by atoms with Crippen LogP contribution >= 0.6 is 0 Å². The van der Waals surface area contributed by atoms with Crippen molar-refractivity contribution in [2.75, 3.05) is 17.6 Å². The molecule has 1 saturated heterocycles. The summed E-state index contributed by atoms with van der Waals surface area (Å²) < 4.78 is 84.4. The number of hydroxylamine groups is 2. The average Bonchev–Trinajstić information content (AvgIpc) is 3.74. The first-order chi connectivity index (χ1) is 28.2. The summed E-state index contributed by atoms with van der Waals surface area (Å²) >= 11 is 0. The van der Waals surface area contributed by atoms with E-state index in [-0.39, 0.29) is 52.9 Å². The molecule has 2 amide bonds. The second-order valence-electron chi connectivity index (χ2n) is 17.1. The maximum absolute atomic E-state index is 13.7. The van der Waals surface area contributed by atoms with Gasteiger partial charge in [0.15, 0.2) is 16.2 Å². The van der Waals surface area contributed by atoms with Gasteiger partial charge in [0.05, 0.1) is 22.4 Å². The number of allylic oxidation sites excluding steroid dienone is 1. The third kappa shape index (κ3) is 7.47. The first kappa shape index (κ1) is 41.6. The number of carbonyl (C=O) groups is 3. The summed E-state index contributed by atoms with van der Waals surface area (Å²) in [7, 11) is -9.68. The number of nitrogens with zero attached hydrogens (tertiary/aromatic N) is 4. The molecule has 0 atom stereocenters. The number of fused-ring (bicyclic) bond motifs is 4. The number of rotatable bonds is 12. The molecule has 0 unspecified atom stereocenters. The molecule has 18 heteroatoms. The Hall–Kier alpha value is -5.17. The van der Waals surface area contributed by atoms with Crippen LogP contribution < -0.4 is 25.2 Å². The largest absolute Gasteiger partial charge is 0.454 e. The quantitative estimate of drug-likeness (QED) is 0.0792. The van der Waals surface area contributed by atoms with Crippen molar-refractivity contribution in [3.05, 3.63) is 75.3 Å². The van der Waals surface area contributed by atoms with E-state index in [9.17, 15) is 40.3 Å². The van der Waals surface area contributed by atoms with Crippen LogP contribution in [0.1, 0.15) is 114 Å². The number of aryl methyl sites for hydroxylation is 1. The van der Waals surface area contributed by atoms with Crippen LogP contribution in [0.2, 0.25) is 0 Å². The minimum atomic E-state index is -5.08. The molecule has 16 nitrogen and oxygen atoms in total. The number of hydrogen-bond acceptors (Lipinski definition) is 11. The Kier molecular flexibility index (Phi) is 10.2. The van der Waals surface area contributed by atoms with Gasteiger partial charge in [-0.2, -0.15) is 16.8 Å². The molecule has 60 heavy (non-hydrogen) atoms. The summed E-state index contributed by atoms with van der Waals surface area (Å²) in [4.78, 5) is 45.5. The van der Waals surface area contributed by atoms with Crippen molar-refractivity contribution in [3.63, 3.8) is 0 Å². The first-order valence-corrected chi connectivity index (χ1v) is 23.2. The van der Waals surface area contributed by atoms with Gasteiger partial charge < -0.3 is 19.5 Å². The monoisotopic (exact) mass is 862 g/mol. The molecule has 3 aromatic rings. The van der Waals surface area contributed by atoms with E-state index in [2.05, 4.69) is 42.8 Å². The molecule has 318 valence electrons. The molecule has 3 N–H and O–H groups in total. The van der Waals surface area contributed by atoms with E-state index in [1.807, 2.05) is 4.57 Å². The third-order valence-corrected chi connectivity index (χ3v) is 13.3. The highest BCUT2D eigenvalue weighted by Gasteiger charge is 2.43. The van der Waals surface area contributed by atoms with E-state index < -0.39 is 54.2 Å². The highest BCUT2D eigenvalue weighted by Crippen LogP contribution is 2.50. The lowest BCUT2D eigenvalue weighted by molar-refractivity contribution is -0.197. The van der Waals surface area contributed by atoms with Crippen molar-refractivity contribution in [2.24, 2.45) is 0 Å². The van der Waals surface area contributed by atoms with E-state index in [0.717, 1.165) is 41.4 Å². The third-order valence-electron chi connectivity index (χ3n) is 11.7. The van der Waals surface area contributed by atoms with Crippen molar-refractivity contribution >= 4 is 60.4 Å². The molecule has 0 aliphatic carbocycles. The fourth-order valence-electron chi connectivity index (χ4n) is 9.25. The molecule has 5 aliphatic rings. The molecular weight excluding hydrogens is 815 g/mol. The van der Waals surface area contributed by atoms with Gasteiger partial charge in [-0.25, -0.2) is 14.4 Å². The lowest BCUT2D eigenvalue weighted by atomic mass is 9.83. The van der Waals surface area contributed by atoms with Crippen LogP contribution in [0, 0.1) is 0 Å². The number of nitrogens with one attached hydrogen (secondary N) is 1. The van der Waals surface area contributed by atoms with E-state index in [1.165, 1.54) is 0 Å². The van der Waals surface area contributed by atoms with Crippen LogP contribution in [0.15, 0.2) is 41.6 Å². The summed E-state index contributed by atoms with van der Waals surface area (Å²) in [5.41, 5.74) is 2.68. The lowest BCUT2D eigenvalue weighted by Crippen LogP contribution is -2.53. The SMILES string of the molecule is CCC1=CC(C)(C)[N+]2=c3c1cc1c(c3CCC2)Oc2c(cc3c(c2S(=O)(=O)O)NC(C)(C)C=C3CS(=O)(=O)O)C=1c1nccn1CCCCCC(=O)ON1C(=O)CCC1=O. The Labute approximate surface area is 347 Å². The van der Waals surface area contributed by atoms with Gasteiger partial charge in [0.2, 0.25) is 5.36 Å². The Balaban J connectivity index is 1.30. The standard InChI is InChI=1S/C42H47N5O11S2/c1-6-24-22-42(4,5)46-17-10-11-26-36(46)28(24)20-29-34(40-43-15-18-45(40)16-9-7-8-12-33(50)58-47-31(48)13-14-32(47)49)30-19-27-25(23-59(51,52)53)21-41(2,3)44-35(27)39(60(54,55)56)38(30)57-37(26)29/h15,18-22H,6-14,16-17,23H2,1-5H3,(H2,51,52,53,54,55,56)/p+1. The zero-order valence-electron chi connectivity index (χ0n) is 34.1. The number of anilines is 1. The highest BCUT2D eigenvalue weighted by molar-refractivity contribution is 7.86. The number of imidazole rings is 1. The molecule has 0 bridgehead atoms. The van der Waals surface area contributed by atoms with Crippen LogP contribution in [0.25, 0.3) is 16.7 Å². The highest BCUT2D eigenvalue weighted by atomic mass is 32.2. The number of imide groups is 1. The van der Waals surface area contributed by atoms with E-state index >= 15 is 0 Å². The zero-order valence-corrected chi connectivity index (χ0v) is 35.8. The molecule has 5 aliphatic heterocycles. The maximum atomic E-state index is 13.7. The van der Waals surface area contributed by atoms with Crippen LogP contribution in [-0.2, 0) is 52.4 Å². The molecular formula is C42H48N5O11S2+. The fourth-order valence-corrected chi connectivity index (χ4v) is 10.7. The number of carbonyl (C=O) groups excluding carboxylic acids is 3. The molecule has 0 saturated carbocycles. The normalized spacial score (nSPS) is 18.8. The van der Waals surface area contributed by atoms with E-state index in [1.54, 1.807) is 38.4 Å². The van der Waals surface area contributed by atoms with Crippen LogP contribution in [0.5, 0.6) is 11.5 Å². The summed E-state index contributed by atoms with van der Waals surface area (Å²) in [5, 5.41) is 5.36. The van der Waals surface area contributed by atoms with Gasteiger partial charge in [0, 0.05) is 80.4 Å². The van der Waals surface area contributed by atoms with Gasteiger partial charge in [-0.3, -0.25) is 18.7 Å². The zero-order chi connectivity index (χ0) is 43.1. The predicted molar refractivity (Wildman–Crippen MR) is 220 cm³/mol. The van der Waals surface area contributed by atoms with Crippen molar-refractivity contribution < 1.29 is 49.9 Å². The molecule has 8 rings (SSSR count). The first-order valence-electron chi connectivity index (χ1n) is 20.1. The van der Waals surface area contributed by atoms with Gasteiger partial charge in [0.25, 0.3) is 32.1 Å². The summed E-state index contributed by atoms with van der Waals surface area (Å²) in [6.45, 7) is 11.1. The van der Waals surface area contributed by atoms with Crippen LogP contribution in [-0.4, -0.2) is 81.7 Å². The summed E-state index contributed by atoms with van der Waals surface area (Å²) in [6.07, 6.45) is 11.0. The Bertz CT molecular complexity index is 2820. The second-order valence-corrected chi connectivity index (χ2v) is 19.9. The van der Waals surface area contributed by atoms with Crippen molar-refractivity contribution in [3.8, 4) is 11.5 Å². The van der Waals surface area contributed by atoms with Gasteiger partial charge in [-0.1, -0.05) is 19.4 Å². The number of aromatic nitrogens is 2. The topological polar surface area (TPSA) is 215 Å². The predicted octanol–water partition coefficient (Wildman–Crippen LogP) is 4.15.